The molecule has 0 saturated heterocycles. The Morgan fingerprint density at radius 3 is 2.95 bits per heavy atom. The molecule has 0 radical (unpaired) electrons. The summed E-state index contributed by atoms with van der Waals surface area (Å²) in [6.45, 7) is 0. The Bertz CT molecular complexity index is 649. The van der Waals surface area contributed by atoms with E-state index in [-0.39, 0.29) is 11.4 Å². The maximum atomic E-state index is 11.9. The van der Waals surface area contributed by atoms with Crippen molar-refractivity contribution in [2.75, 3.05) is 11.1 Å². The van der Waals surface area contributed by atoms with Gasteiger partial charge < -0.3 is 5.11 Å². The number of thioether (sulfide) groups is 1. The van der Waals surface area contributed by atoms with E-state index in [4.69, 9.17) is 5.11 Å². The summed E-state index contributed by atoms with van der Waals surface area (Å²) in [5.74, 6) is -1.45. The first-order valence-corrected chi connectivity index (χ1v) is 7.75. The lowest BCUT2D eigenvalue weighted by Crippen LogP contribution is -2.14. The van der Waals surface area contributed by atoms with Crippen molar-refractivity contribution in [1.82, 2.24) is 15.2 Å². The average Bonchev–Trinajstić information content (AvgIpc) is 2.84. The van der Waals surface area contributed by atoms with Crippen molar-refractivity contribution in [2.24, 2.45) is 0 Å². The van der Waals surface area contributed by atoms with E-state index < -0.39 is 11.9 Å². The normalized spacial score (nSPS) is 10.2. The SMILES string of the molecule is O=C(O)CSc1nnc(NC(=O)c2ncccc2Br)s1. The van der Waals surface area contributed by atoms with E-state index in [1.807, 2.05) is 0 Å². The van der Waals surface area contributed by atoms with Crippen LogP contribution in [0.15, 0.2) is 27.1 Å². The van der Waals surface area contributed by atoms with E-state index in [0.29, 0.717) is 13.9 Å². The molecule has 20 heavy (non-hydrogen) atoms. The molecule has 104 valence electrons. The second kappa shape index (κ2) is 6.77. The van der Waals surface area contributed by atoms with Crippen molar-refractivity contribution in [3.05, 3.63) is 28.5 Å². The van der Waals surface area contributed by atoms with Crippen LogP contribution in [0.4, 0.5) is 5.13 Å². The van der Waals surface area contributed by atoms with Gasteiger partial charge in [-0.25, -0.2) is 4.98 Å². The lowest BCUT2D eigenvalue weighted by Gasteiger charge is -2.01. The summed E-state index contributed by atoms with van der Waals surface area (Å²) < 4.78 is 1.05. The van der Waals surface area contributed by atoms with Crippen LogP contribution in [-0.2, 0) is 4.79 Å². The van der Waals surface area contributed by atoms with Crippen molar-refractivity contribution in [3.8, 4) is 0 Å². The van der Waals surface area contributed by atoms with Crippen LogP contribution < -0.4 is 5.32 Å². The molecule has 0 spiro atoms. The number of halogens is 1. The van der Waals surface area contributed by atoms with E-state index in [1.165, 1.54) is 6.20 Å². The largest absolute Gasteiger partial charge is 0.481 e. The number of amides is 1. The Hall–Kier alpha value is -1.52. The predicted octanol–water partition coefficient (Wildman–Crippen LogP) is 2.12. The zero-order valence-corrected chi connectivity index (χ0v) is 13.0. The number of rotatable bonds is 5. The molecule has 2 aromatic rings. The maximum Gasteiger partial charge on any atom is 0.313 e. The van der Waals surface area contributed by atoms with Gasteiger partial charge in [-0.05, 0) is 28.1 Å². The zero-order valence-electron chi connectivity index (χ0n) is 9.74. The quantitative estimate of drug-likeness (QED) is 0.609. The van der Waals surface area contributed by atoms with Crippen molar-refractivity contribution >= 4 is 56.0 Å². The van der Waals surface area contributed by atoms with Crippen LogP contribution in [0.1, 0.15) is 10.5 Å². The molecular formula is C10H7BrN4O3S2. The van der Waals surface area contributed by atoms with E-state index in [9.17, 15) is 9.59 Å². The van der Waals surface area contributed by atoms with Gasteiger partial charge in [0.05, 0.1) is 5.75 Å². The Labute approximate surface area is 130 Å². The number of anilines is 1. The molecule has 10 heteroatoms. The fourth-order valence-electron chi connectivity index (χ4n) is 1.15. The number of pyridine rings is 1. The van der Waals surface area contributed by atoms with Crippen molar-refractivity contribution in [2.45, 2.75) is 4.34 Å². The van der Waals surface area contributed by atoms with Crippen LogP contribution in [0.25, 0.3) is 0 Å². The van der Waals surface area contributed by atoms with Gasteiger partial charge in [-0.3, -0.25) is 14.9 Å². The van der Waals surface area contributed by atoms with Crippen LogP contribution in [-0.4, -0.2) is 37.9 Å². The van der Waals surface area contributed by atoms with Crippen molar-refractivity contribution in [3.63, 3.8) is 0 Å². The van der Waals surface area contributed by atoms with Gasteiger partial charge >= 0.3 is 5.97 Å². The summed E-state index contributed by atoms with van der Waals surface area (Å²) >= 11 is 5.38. The molecule has 2 aromatic heterocycles. The lowest BCUT2D eigenvalue weighted by atomic mass is 10.3. The molecule has 0 aliphatic heterocycles. The summed E-state index contributed by atoms with van der Waals surface area (Å²) in [6.07, 6.45) is 1.51. The van der Waals surface area contributed by atoms with Crippen LogP contribution in [0.3, 0.4) is 0 Å². The van der Waals surface area contributed by atoms with Gasteiger partial charge in [0.15, 0.2) is 4.34 Å². The molecule has 1 amide bonds. The smallest absolute Gasteiger partial charge is 0.313 e. The summed E-state index contributed by atoms with van der Waals surface area (Å²) in [6, 6.07) is 3.41. The number of nitrogens with one attached hydrogen (secondary N) is 1. The van der Waals surface area contributed by atoms with Crippen LogP contribution in [0.2, 0.25) is 0 Å². The zero-order chi connectivity index (χ0) is 14.5. The predicted molar refractivity (Wildman–Crippen MR) is 78.2 cm³/mol. The molecule has 7 nitrogen and oxygen atoms in total. The van der Waals surface area contributed by atoms with Crippen LogP contribution in [0, 0.1) is 0 Å². The highest BCUT2D eigenvalue weighted by atomic mass is 79.9. The lowest BCUT2D eigenvalue weighted by molar-refractivity contribution is -0.133. The minimum absolute atomic E-state index is 0.103. The van der Waals surface area contributed by atoms with E-state index >= 15 is 0 Å². The number of aromatic nitrogens is 3. The fourth-order valence-corrected chi connectivity index (χ4v) is 3.05. The summed E-state index contributed by atoms with van der Waals surface area (Å²) in [5.41, 5.74) is 0.238. The molecule has 0 saturated carbocycles. The summed E-state index contributed by atoms with van der Waals surface area (Å²) in [4.78, 5) is 26.3. The number of nitrogens with zero attached hydrogens (tertiary/aromatic N) is 3. The minimum Gasteiger partial charge on any atom is -0.481 e. The number of carbonyl (C=O) groups excluding carboxylic acids is 1. The Balaban J connectivity index is 2.02. The monoisotopic (exact) mass is 374 g/mol. The second-order valence-corrected chi connectivity index (χ2v) is 6.40. The molecule has 0 aromatic carbocycles. The number of hydrogen-bond donors (Lipinski definition) is 2. The highest BCUT2D eigenvalue weighted by molar-refractivity contribution is 9.10. The standard InChI is InChI=1S/C10H7BrN4O3S2/c11-5-2-1-3-12-7(5)8(18)13-9-14-15-10(20-9)19-4-6(16)17/h1-3H,4H2,(H,16,17)(H,13,14,18). The molecule has 2 rings (SSSR count). The third-order valence-corrected chi connectivity index (χ3v) is 4.52. The topological polar surface area (TPSA) is 105 Å². The van der Waals surface area contributed by atoms with Crippen molar-refractivity contribution in [1.29, 1.82) is 0 Å². The molecule has 0 aliphatic carbocycles. The molecule has 2 heterocycles. The molecule has 0 unspecified atom stereocenters. The van der Waals surface area contributed by atoms with Gasteiger partial charge in [0, 0.05) is 10.7 Å². The maximum absolute atomic E-state index is 11.9. The van der Waals surface area contributed by atoms with E-state index in [0.717, 1.165) is 23.1 Å². The highest BCUT2D eigenvalue weighted by Crippen LogP contribution is 2.25. The van der Waals surface area contributed by atoms with Gasteiger partial charge in [-0.1, -0.05) is 23.1 Å². The van der Waals surface area contributed by atoms with Gasteiger partial charge in [-0.15, -0.1) is 10.2 Å². The molecule has 2 N–H and O–H groups in total. The Kier molecular flexibility index (Phi) is 5.04. The second-order valence-electron chi connectivity index (χ2n) is 3.34. The van der Waals surface area contributed by atoms with Crippen molar-refractivity contribution < 1.29 is 14.7 Å². The van der Waals surface area contributed by atoms with Crippen LogP contribution >= 0.6 is 39.0 Å². The van der Waals surface area contributed by atoms with Crippen LogP contribution in [0.5, 0.6) is 0 Å². The number of carboxylic acid groups (broad SMARTS) is 1. The molecule has 0 fully saturated rings. The van der Waals surface area contributed by atoms with Gasteiger partial charge in [0.2, 0.25) is 5.13 Å². The number of carbonyl (C=O) groups is 2. The molecular weight excluding hydrogens is 368 g/mol. The Morgan fingerprint density at radius 2 is 2.25 bits per heavy atom. The molecule has 0 bridgehead atoms. The molecule has 0 atom stereocenters. The first-order chi connectivity index (χ1) is 9.56. The first-order valence-electron chi connectivity index (χ1n) is 5.16. The number of carboxylic acids is 1. The third kappa shape index (κ3) is 3.99. The fraction of sp³-hybridized carbons (Fsp3) is 0.100. The van der Waals surface area contributed by atoms with Gasteiger partial charge in [-0.2, -0.15) is 0 Å². The third-order valence-electron chi connectivity index (χ3n) is 1.92. The minimum atomic E-state index is -0.937. The summed E-state index contributed by atoms with van der Waals surface area (Å²) in [7, 11) is 0. The molecule has 0 aliphatic rings. The van der Waals surface area contributed by atoms with Gasteiger partial charge in [0.1, 0.15) is 5.69 Å². The van der Waals surface area contributed by atoms with E-state index in [2.05, 4.69) is 36.4 Å². The average molecular weight is 375 g/mol. The number of aliphatic carboxylic acids is 1. The Morgan fingerprint density at radius 1 is 1.45 bits per heavy atom. The summed E-state index contributed by atoms with van der Waals surface area (Å²) in [5, 5.41) is 19.0. The van der Waals surface area contributed by atoms with E-state index in [1.54, 1.807) is 12.1 Å². The number of hydrogen-bond acceptors (Lipinski definition) is 7. The van der Waals surface area contributed by atoms with Gasteiger partial charge in [0.25, 0.3) is 5.91 Å². The highest BCUT2D eigenvalue weighted by Gasteiger charge is 2.14. The first kappa shape index (κ1) is 14.9.